The van der Waals surface area contributed by atoms with Gasteiger partial charge in [0.1, 0.15) is 0 Å². The monoisotopic (exact) mass is 388 g/mol. The van der Waals surface area contributed by atoms with Crippen LogP contribution in [0.1, 0.15) is 31.5 Å². The Labute approximate surface area is 133 Å². The van der Waals surface area contributed by atoms with Crippen LogP contribution in [0.25, 0.3) is 10.9 Å². The Kier molecular flexibility index (Phi) is 4.90. The minimum Gasteiger partial charge on any atom is -0.384 e. The normalized spacial score (nSPS) is 11.0. The van der Waals surface area contributed by atoms with E-state index in [1.807, 2.05) is 12.1 Å². The van der Waals surface area contributed by atoms with Gasteiger partial charge in [0.05, 0.1) is 5.52 Å². The van der Waals surface area contributed by atoms with Gasteiger partial charge in [-0.05, 0) is 60.1 Å². The maximum absolute atomic E-state index is 6.20. The largest absolute Gasteiger partial charge is 0.384 e. The van der Waals surface area contributed by atoms with Crippen LogP contribution in [0, 0.1) is 10.5 Å². The summed E-state index contributed by atoms with van der Waals surface area (Å²) >= 11 is 8.51. The molecule has 0 bridgehead atoms. The zero-order valence-electron chi connectivity index (χ0n) is 11.5. The van der Waals surface area contributed by atoms with E-state index >= 15 is 0 Å². The summed E-state index contributed by atoms with van der Waals surface area (Å²) in [5, 5.41) is 5.45. The highest BCUT2D eigenvalue weighted by molar-refractivity contribution is 14.1. The van der Waals surface area contributed by atoms with Crippen LogP contribution >= 0.6 is 34.2 Å². The van der Waals surface area contributed by atoms with Crippen LogP contribution in [0.4, 0.5) is 5.69 Å². The second-order valence-corrected chi connectivity index (χ2v) is 6.21. The van der Waals surface area contributed by atoms with Crippen molar-refractivity contribution >= 4 is 50.8 Å². The summed E-state index contributed by atoms with van der Waals surface area (Å²) in [6, 6.07) is 3.98. The molecule has 0 aliphatic heterocycles. The van der Waals surface area contributed by atoms with Gasteiger partial charge in [0.15, 0.2) is 0 Å². The molecule has 0 saturated heterocycles. The summed E-state index contributed by atoms with van der Waals surface area (Å²) < 4.78 is 1.10. The second-order valence-electron chi connectivity index (χ2n) is 4.61. The number of benzene rings is 1. The molecule has 1 heterocycles. The van der Waals surface area contributed by atoms with E-state index in [-0.39, 0.29) is 0 Å². The average Bonchev–Trinajstić information content (AvgIpc) is 2.37. The molecule has 0 aliphatic carbocycles. The summed E-state index contributed by atoms with van der Waals surface area (Å²) in [5.74, 6) is 0. The number of fused-ring (bicyclic) bond motifs is 1. The fourth-order valence-corrected chi connectivity index (χ4v) is 3.48. The summed E-state index contributed by atoms with van der Waals surface area (Å²) in [6.45, 7) is 7.39. The summed E-state index contributed by atoms with van der Waals surface area (Å²) in [7, 11) is 0. The van der Waals surface area contributed by atoms with Crippen LogP contribution < -0.4 is 5.32 Å². The number of anilines is 1. The lowest BCUT2D eigenvalue weighted by Crippen LogP contribution is -2.07. The number of aromatic nitrogens is 1. The van der Waals surface area contributed by atoms with Crippen LogP contribution in [0.3, 0.4) is 0 Å². The van der Waals surface area contributed by atoms with Crippen molar-refractivity contribution in [2.24, 2.45) is 0 Å². The van der Waals surface area contributed by atoms with Crippen LogP contribution in [-0.2, 0) is 6.42 Å². The molecule has 19 heavy (non-hydrogen) atoms. The minimum absolute atomic E-state index is 0.768. The third-order valence-corrected chi connectivity index (χ3v) is 4.26. The maximum Gasteiger partial charge on any atom is 0.0860 e. The summed E-state index contributed by atoms with van der Waals surface area (Å²) in [4.78, 5) is 4.75. The third-order valence-electron chi connectivity index (χ3n) is 3.22. The van der Waals surface area contributed by atoms with Crippen molar-refractivity contribution in [3.63, 3.8) is 0 Å². The molecule has 0 atom stereocenters. The first kappa shape index (κ1) is 14.9. The van der Waals surface area contributed by atoms with Crippen molar-refractivity contribution < 1.29 is 0 Å². The topological polar surface area (TPSA) is 24.9 Å². The molecule has 0 aliphatic rings. The summed E-state index contributed by atoms with van der Waals surface area (Å²) in [5.41, 5.74) is 4.64. The smallest absolute Gasteiger partial charge is 0.0860 e. The Bertz CT molecular complexity index is 611. The van der Waals surface area contributed by atoms with Gasteiger partial charge >= 0.3 is 0 Å². The number of nitrogens with zero attached hydrogens (tertiary/aromatic N) is 1. The van der Waals surface area contributed by atoms with Gasteiger partial charge in [-0.2, -0.15) is 0 Å². The molecule has 0 saturated carbocycles. The number of aryl methyl sites for hydroxylation is 1. The average molecular weight is 389 g/mol. The van der Waals surface area contributed by atoms with Crippen molar-refractivity contribution in [1.82, 2.24) is 4.98 Å². The quantitative estimate of drug-likeness (QED) is 0.730. The van der Waals surface area contributed by atoms with E-state index in [9.17, 15) is 0 Å². The van der Waals surface area contributed by atoms with Gasteiger partial charge in [-0.15, -0.1) is 0 Å². The van der Waals surface area contributed by atoms with Crippen molar-refractivity contribution in [2.45, 2.75) is 33.6 Å². The molecule has 0 radical (unpaired) electrons. The van der Waals surface area contributed by atoms with E-state index in [0.29, 0.717) is 0 Å². The molecule has 0 fully saturated rings. The summed E-state index contributed by atoms with van der Waals surface area (Å²) in [6.07, 6.45) is 2.08. The van der Waals surface area contributed by atoms with E-state index in [0.717, 1.165) is 44.6 Å². The number of nitrogens with one attached hydrogen (secondary N) is 1. The van der Waals surface area contributed by atoms with Crippen molar-refractivity contribution in [3.8, 4) is 0 Å². The molecule has 0 amide bonds. The molecule has 2 aromatic rings. The van der Waals surface area contributed by atoms with Crippen LogP contribution in [0.15, 0.2) is 12.1 Å². The maximum atomic E-state index is 6.20. The molecule has 2 nitrogen and oxygen atoms in total. The Balaban J connectivity index is 2.76. The van der Waals surface area contributed by atoms with E-state index in [1.54, 1.807) is 0 Å². The van der Waals surface area contributed by atoms with E-state index in [4.69, 9.17) is 16.6 Å². The predicted molar refractivity (Wildman–Crippen MR) is 92.4 cm³/mol. The fourth-order valence-electron chi connectivity index (χ4n) is 2.33. The van der Waals surface area contributed by atoms with Crippen LogP contribution in [-0.4, -0.2) is 11.5 Å². The van der Waals surface area contributed by atoms with Gasteiger partial charge < -0.3 is 5.32 Å². The van der Waals surface area contributed by atoms with Gasteiger partial charge in [-0.3, -0.25) is 4.98 Å². The highest BCUT2D eigenvalue weighted by atomic mass is 127. The molecule has 1 aromatic heterocycles. The molecule has 1 aromatic carbocycles. The molecule has 1 N–H and O–H groups in total. The lowest BCUT2D eigenvalue weighted by atomic mass is 10.0. The zero-order valence-corrected chi connectivity index (χ0v) is 14.4. The third kappa shape index (κ3) is 2.97. The first-order valence-electron chi connectivity index (χ1n) is 6.60. The van der Waals surface area contributed by atoms with Gasteiger partial charge in [0, 0.05) is 31.9 Å². The van der Waals surface area contributed by atoms with Crippen molar-refractivity contribution in [2.75, 3.05) is 11.9 Å². The van der Waals surface area contributed by atoms with Crippen LogP contribution in [0.2, 0.25) is 5.02 Å². The first-order valence-corrected chi connectivity index (χ1v) is 8.06. The molecular formula is C15H18ClIN2. The number of pyridine rings is 1. The lowest BCUT2D eigenvalue weighted by Gasteiger charge is -2.16. The zero-order chi connectivity index (χ0) is 14.0. The van der Waals surface area contributed by atoms with Crippen LogP contribution in [0.5, 0.6) is 0 Å². The van der Waals surface area contributed by atoms with E-state index in [1.165, 1.54) is 11.3 Å². The number of halogens is 2. The van der Waals surface area contributed by atoms with E-state index in [2.05, 4.69) is 48.7 Å². The second kappa shape index (κ2) is 6.27. The highest BCUT2D eigenvalue weighted by Crippen LogP contribution is 2.33. The first-order chi connectivity index (χ1) is 9.08. The SMILES string of the molecule is CCCNc1c(CC)c(C)nc2c(I)cc(Cl)cc12. The molecule has 4 heteroatoms. The number of rotatable bonds is 4. The Morgan fingerprint density at radius 2 is 2.05 bits per heavy atom. The number of hydrogen-bond acceptors (Lipinski definition) is 2. The molecule has 0 spiro atoms. The fraction of sp³-hybridized carbons (Fsp3) is 0.400. The van der Waals surface area contributed by atoms with Gasteiger partial charge in [0.25, 0.3) is 0 Å². The molecule has 2 rings (SSSR count). The van der Waals surface area contributed by atoms with Gasteiger partial charge in [-0.1, -0.05) is 25.4 Å². The Morgan fingerprint density at radius 3 is 2.68 bits per heavy atom. The van der Waals surface area contributed by atoms with E-state index < -0.39 is 0 Å². The Morgan fingerprint density at radius 1 is 1.32 bits per heavy atom. The van der Waals surface area contributed by atoms with Crippen molar-refractivity contribution in [3.05, 3.63) is 32.0 Å². The Hall–Kier alpha value is -0.550. The standard InChI is InChI=1S/C15H18ClIN2/c1-4-6-18-14-11(5-2)9(3)19-15-12(14)7-10(16)8-13(15)17/h7-8H,4-6H2,1-3H3,(H,18,19). The molecule has 102 valence electrons. The number of hydrogen-bond donors (Lipinski definition) is 1. The van der Waals surface area contributed by atoms with Gasteiger partial charge in [0.2, 0.25) is 0 Å². The van der Waals surface area contributed by atoms with Gasteiger partial charge in [-0.25, -0.2) is 0 Å². The van der Waals surface area contributed by atoms with Crippen molar-refractivity contribution in [1.29, 1.82) is 0 Å². The minimum atomic E-state index is 0.768. The molecular weight excluding hydrogens is 371 g/mol. The lowest BCUT2D eigenvalue weighted by molar-refractivity contribution is 0.968. The molecule has 0 unspecified atom stereocenters. The predicted octanol–water partition coefficient (Wildman–Crippen LogP) is 5.19. The highest BCUT2D eigenvalue weighted by Gasteiger charge is 2.13.